The van der Waals surface area contributed by atoms with E-state index in [-0.39, 0.29) is 11.8 Å². The van der Waals surface area contributed by atoms with Gasteiger partial charge in [-0.3, -0.25) is 9.78 Å². The zero-order valence-corrected chi connectivity index (χ0v) is 23.2. The van der Waals surface area contributed by atoms with Crippen LogP contribution in [0.3, 0.4) is 0 Å². The monoisotopic (exact) mass is 517 g/mol. The number of pyridine rings is 1. The maximum absolute atomic E-state index is 13.9. The lowest BCUT2D eigenvalue weighted by atomic mass is 9.88. The van der Waals surface area contributed by atoms with Crippen LogP contribution < -0.4 is 9.80 Å². The standard InChI is InChI=1S/C35H39N3O/c1-37(2)33-21-19-31(20-22-33)30-17-15-29(16-18-30)26-38(35(39)32-10-4-3-5-11-32)34-12-6-8-27(24-34)13-14-28-9-7-23-36-25-28/h6-9,12,15-25,32H,3-5,10-11,13-14,26H2,1-2H3. The van der Waals surface area contributed by atoms with Crippen LogP contribution >= 0.6 is 0 Å². The zero-order valence-electron chi connectivity index (χ0n) is 23.2. The molecule has 0 saturated heterocycles. The molecular weight excluding hydrogens is 478 g/mol. The highest BCUT2D eigenvalue weighted by Gasteiger charge is 2.27. The van der Waals surface area contributed by atoms with Crippen LogP contribution in [0.25, 0.3) is 11.1 Å². The van der Waals surface area contributed by atoms with Gasteiger partial charge in [0.05, 0.1) is 6.54 Å². The number of rotatable bonds is 9. The molecule has 0 radical (unpaired) electrons. The van der Waals surface area contributed by atoms with E-state index in [1.807, 2.05) is 23.4 Å². The third-order valence-electron chi connectivity index (χ3n) is 7.88. The molecule has 0 bridgehead atoms. The molecule has 1 aliphatic rings. The Morgan fingerprint density at radius 2 is 1.41 bits per heavy atom. The lowest BCUT2D eigenvalue weighted by Crippen LogP contribution is -2.36. The van der Waals surface area contributed by atoms with E-state index in [4.69, 9.17) is 0 Å². The number of nitrogens with zero attached hydrogens (tertiary/aromatic N) is 3. The summed E-state index contributed by atoms with van der Waals surface area (Å²) < 4.78 is 0. The van der Waals surface area contributed by atoms with Gasteiger partial charge in [0, 0.05) is 43.8 Å². The quantitative estimate of drug-likeness (QED) is 0.228. The van der Waals surface area contributed by atoms with E-state index in [1.165, 1.54) is 34.4 Å². The minimum atomic E-state index is 0.118. The number of hydrogen-bond acceptors (Lipinski definition) is 3. The molecule has 0 unspecified atom stereocenters. The molecular formula is C35H39N3O. The number of carbonyl (C=O) groups excluding carboxylic acids is 1. The van der Waals surface area contributed by atoms with Crippen molar-refractivity contribution in [3.63, 3.8) is 0 Å². The van der Waals surface area contributed by atoms with Gasteiger partial charge in [-0.1, -0.05) is 73.9 Å². The molecule has 1 aliphatic carbocycles. The van der Waals surface area contributed by atoms with Crippen LogP contribution in [0.1, 0.15) is 48.8 Å². The normalized spacial score (nSPS) is 13.7. The summed E-state index contributed by atoms with van der Waals surface area (Å²) in [7, 11) is 4.11. The fourth-order valence-electron chi connectivity index (χ4n) is 5.52. The van der Waals surface area contributed by atoms with Crippen LogP contribution in [0.15, 0.2) is 97.3 Å². The molecule has 4 heteroatoms. The molecule has 39 heavy (non-hydrogen) atoms. The summed E-state index contributed by atoms with van der Waals surface area (Å²) in [6, 6.07) is 30.0. The number of hydrogen-bond donors (Lipinski definition) is 0. The highest BCUT2D eigenvalue weighted by atomic mass is 16.2. The topological polar surface area (TPSA) is 36.4 Å². The SMILES string of the molecule is CN(C)c1ccc(-c2ccc(CN(C(=O)C3CCCCC3)c3cccc(CCc4cccnc4)c3)cc2)cc1. The predicted molar refractivity (Wildman–Crippen MR) is 162 cm³/mol. The van der Waals surface area contributed by atoms with Crippen LogP contribution in [-0.2, 0) is 24.2 Å². The number of aryl methyl sites for hydroxylation is 2. The summed E-state index contributed by atoms with van der Waals surface area (Å²) in [5.74, 6) is 0.384. The fourth-order valence-corrected chi connectivity index (χ4v) is 5.52. The molecule has 3 aromatic carbocycles. The number of aromatic nitrogens is 1. The largest absolute Gasteiger partial charge is 0.378 e. The van der Waals surface area contributed by atoms with Gasteiger partial charge < -0.3 is 9.80 Å². The molecule has 0 spiro atoms. The Kier molecular flexibility index (Phi) is 8.72. The van der Waals surface area contributed by atoms with Gasteiger partial charge in [0.15, 0.2) is 0 Å². The zero-order chi connectivity index (χ0) is 27.0. The van der Waals surface area contributed by atoms with Crippen molar-refractivity contribution in [2.45, 2.75) is 51.5 Å². The van der Waals surface area contributed by atoms with Crippen molar-refractivity contribution in [2.24, 2.45) is 5.92 Å². The first kappa shape index (κ1) is 26.7. The molecule has 1 fully saturated rings. The summed E-state index contributed by atoms with van der Waals surface area (Å²) in [6.45, 7) is 0.585. The third-order valence-corrected chi connectivity index (χ3v) is 7.88. The molecule has 4 nitrogen and oxygen atoms in total. The van der Waals surface area contributed by atoms with Crippen molar-refractivity contribution < 1.29 is 4.79 Å². The van der Waals surface area contributed by atoms with E-state index < -0.39 is 0 Å². The van der Waals surface area contributed by atoms with Crippen molar-refractivity contribution in [3.05, 3.63) is 114 Å². The summed E-state index contributed by atoms with van der Waals surface area (Å²) in [4.78, 5) is 22.3. The lowest BCUT2D eigenvalue weighted by molar-refractivity contribution is -0.123. The Hall–Kier alpha value is -3.92. The van der Waals surface area contributed by atoms with Gasteiger partial charge in [0.2, 0.25) is 5.91 Å². The van der Waals surface area contributed by atoms with E-state index in [9.17, 15) is 4.79 Å². The predicted octanol–water partition coefficient (Wildman–Crippen LogP) is 7.71. The molecule has 0 atom stereocenters. The van der Waals surface area contributed by atoms with Crippen LogP contribution in [-0.4, -0.2) is 25.0 Å². The number of anilines is 2. The van der Waals surface area contributed by atoms with Gasteiger partial charge in [-0.2, -0.15) is 0 Å². The first-order valence-electron chi connectivity index (χ1n) is 14.2. The summed E-state index contributed by atoms with van der Waals surface area (Å²) >= 11 is 0. The Morgan fingerprint density at radius 1 is 0.744 bits per heavy atom. The minimum absolute atomic E-state index is 0.118. The third kappa shape index (κ3) is 6.94. The fraction of sp³-hybridized carbons (Fsp3) is 0.314. The van der Waals surface area contributed by atoms with Gasteiger partial charge >= 0.3 is 0 Å². The number of carbonyl (C=O) groups is 1. The molecule has 1 aromatic heterocycles. The first-order valence-corrected chi connectivity index (χ1v) is 14.2. The van der Waals surface area contributed by atoms with Crippen LogP contribution in [0.5, 0.6) is 0 Å². The molecule has 0 aliphatic heterocycles. The van der Waals surface area contributed by atoms with Crippen LogP contribution in [0.4, 0.5) is 11.4 Å². The van der Waals surface area contributed by atoms with Gasteiger partial charge in [0.25, 0.3) is 0 Å². The Balaban J connectivity index is 1.36. The summed E-state index contributed by atoms with van der Waals surface area (Å²) in [6.07, 6.45) is 11.1. The van der Waals surface area contributed by atoms with E-state index in [0.717, 1.165) is 49.8 Å². The highest BCUT2D eigenvalue weighted by Crippen LogP contribution is 2.30. The first-order chi connectivity index (χ1) is 19.1. The van der Waals surface area contributed by atoms with E-state index in [2.05, 4.69) is 103 Å². The Bertz CT molecular complexity index is 1340. The average molecular weight is 518 g/mol. The smallest absolute Gasteiger partial charge is 0.230 e. The van der Waals surface area contributed by atoms with Crippen LogP contribution in [0, 0.1) is 5.92 Å². The van der Waals surface area contributed by atoms with Gasteiger partial charge in [-0.15, -0.1) is 0 Å². The van der Waals surface area contributed by atoms with E-state index in [0.29, 0.717) is 6.54 Å². The van der Waals surface area contributed by atoms with Gasteiger partial charge in [-0.05, 0) is 83.8 Å². The van der Waals surface area contributed by atoms with Crippen molar-refractivity contribution in [1.29, 1.82) is 0 Å². The Morgan fingerprint density at radius 3 is 2.08 bits per heavy atom. The average Bonchev–Trinajstić information content (AvgIpc) is 3.00. The highest BCUT2D eigenvalue weighted by molar-refractivity contribution is 5.95. The molecule has 4 aromatic rings. The van der Waals surface area contributed by atoms with Crippen LogP contribution in [0.2, 0.25) is 0 Å². The van der Waals surface area contributed by atoms with Crippen molar-refractivity contribution in [2.75, 3.05) is 23.9 Å². The Labute approximate surface area is 233 Å². The summed E-state index contributed by atoms with van der Waals surface area (Å²) in [5.41, 5.74) is 8.19. The molecule has 1 heterocycles. The number of amides is 1. The summed E-state index contributed by atoms with van der Waals surface area (Å²) in [5, 5.41) is 0. The maximum Gasteiger partial charge on any atom is 0.230 e. The second kappa shape index (κ2) is 12.8. The van der Waals surface area contributed by atoms with Crippen molar-refractivity contribution in [3.8, 4) is 11.1 Å². The lowest BCUT2D eigenvalue weighted by Gasteiger charge is -2.30. The van der Waals surface area contributed by atoms with E-state index in [1.54, 1.807) is 0 Å². The molecule has 0 N–H and O–H groups in total. The second-order valence-corrected chi connectivity index (χ2v) is 10.9. The minimum Gasteiger partial charge on any atom is -0.378 e. The van der Waals surface area contributed by atoms with Crippen molar-refractivity contribution in [1.82, 2.24) is 4.98 Å². The molecule has 1 saturated carbocycles. The van der Waals surface area contributed by atoms with Gasteiger partial charge in [0.1, 0.15) is 0 Å². The molecule has 5 rings (SSSR count). The van der Waals surface area contributed by atoms with Gasteiger partial charge in [-0.25, -0.2) is 0 Å². The second-order valence-electron chi connectivity index (χ2n) is 10.9. The molecule has 200 valence electrons. The maximum atomic E-state index is 13.9. The van der Waals surface area contributed by atoms with E-state index >= 15 is 0 Å². The van der Waals surface area contributed by atoms with Crippen molar-refractivity contribution >= 4 is 17.3 Å². The number of benzene rings is 3. The molecule has 1 amide bonds.